The summed E-state index contributed by atoms with van der Waals surface area (Å²) in [6, 6.07) is 11.5. The molecule has 0 unspecified atom stereocenters. The Kier molecular flexibility index (Phi) is 5.09. The van der Waals surface area contributed by atoms with Gasteiger partial charge < -0.3 is 0 Å². The van der Waals surface area contributed by atoms with E-state index in [1.807, 2.05) is 6.26 Å². The lowest BCUT2D eigenvalue weighted by Crippen LogP contribution is -2.26. The molecule has 0 N–H and O–H groups in total. The highest BCUT2D eigenvalue weighted by Crippen LogP contribution is 2.29. The SMILES string of the molecule is CSc1ccc(S(=O)(=O)N(C)c2ccc(Cl)c(Cl)c2)cc1. The van der Waals surface area contributed by atoms with Gasteiger partial charge in [-0.25, -0.2) is 8.42 Å². The molecule has 21 heavy (non-hydrogen) atoms. The maximum absolute atomic E-state index is 12.6. The molecule has 0 saturated heterocycles. The lowest BCUT2D eigenvalue weighted by Gasteiger charge is -2.20. The Morgan fingerprint density at radius 2 is 1.62 bits per heavy atom. The number of hydrogen-bond acceptors (Lipinski definition) is 3. The topological polar surface area (TPSA) is 37.4 Å². The van der Waals surface area contributed by atoms with Gasteiger partial charge in [0.05, 0.1) is 20.6 Å². The minimum Gasteiger partial charge on any atom is -0.269 e. The normalized spacial score (nSPS) is 11.4. The molecular formula is C14H13Cl2NO2S2. The molecule has 2 rings (SSSR count). The van der Waals surface area contributed by atoms with Gasteiger partial charge in [0.25, 0.3) is 10.0 Å². The van der Waals surface area contributed by atoms with Crippen molar-refractivity contribution in [1.82, 2.24) is 0 Å². The molecular weight excluding hydrogens is 349 g/mol. The summed E-state index contributed by atoms with van der Waals surface area (Å²) in [4.78, 5) is 1.24. The fourth-order valence-electron chi connectivity index (χ4n) is 1.73. The highest BCUT2D eigenvalue weighted by molar-refractivity contribution is 7.98. The molecule has 0 aliphatic carbocycles. The molecule has 0 heterocycles. The van der Waals surface area contributed by atoms with Gasteiger partial charge in [-0.1, -0.05) is 23.2 Å². The van der Waals surface area contributed by atoms with Crippen LogP contribution in [0.5, 0.6) is 0 Å². The quantitative estimate of drug-likeness (QED) is 0.750. The molecule has 0 atom stereocenters. The lowest BCUT2D eigenvalue weighted by molar-refractivity contribution is 0.594. The van der Waals surface area contributed by atoms with E-state index in [0.717, 1.165) is 4.90 Å². The van der Waals surface area contributed by atoms with Crippen molar-refractivity contribution in [2.45, 2.75) is 9.79 Å². The van der Waals surface area contributed by atoms with Crippen molar-refractivity contribution in [3.8, 4) is 0 Å². The van der Waals surface area contributed by atoms with E-state index in [4.69, 9.17) is 23.2 Å². The van der Waals surface area contributed by atoms with E-state index < -0.39 is 10.0 Å². The van der Waals surface area contributed by atoms with E-state index in [9.17, 15) is 8.42 Å². The van der Waals surface area contributed by atoms with Crippen LogP contribution in [0.1, 0.15) is 0 Å². The van der Waals surface area contributed by atoms with Crippen LogP contribution in [0, 0.1) is 0 Å². The van der Waals surface area contributed by atoms with Crippen LogP contribution in [0.2, 0.25) is 10.0 Å². The highest BCUT2D eigenvalue weighted by atomic mass is 35.5. The zero-order chi connectivity index (χ0) is 15.6. The first-order chi connectivity index (χ1) is 9.86. The van der Waals surface area contributed by atoms with Gasteiger partial charge in [0.15, 0.2) is 0 Å². The summed E-state index contributed by atoms with van der Waals surface area (Å²) < 4.78 is 26.3. The van der Waals surface area contributed by atoms with Gasteiger partial charge >= 0.3 is 0 Å². The van der Waals surface area contributed by atoms with Crippen molar-refractivity contribution in [1.29, 1.82) is 0 Å². The van der Waals surface area contributed by atoms with Crippen molar-refractivity contribution < 1.29 is 8.42 Å². The summed E-state index contributed by atoms with van der Waals surface area (Å²) >= 11 is 13.3. The summed E-state index contributed by atoms with van der Waals surface area (Å²) in [7, 11) is -2.14. The number of thioether (sulfide) groups is 1. The molecule has 112 valence electrons. The van der Waals surface area contributed by atoms with E-state index in [2.05, 4.69) is 0 Å². The molecule has 2 aromatic rings. The molecule has 0 aliphatic rings. The molecule has 0 aromatic heterocycles. The van der Waals surface area contributed by atoms with Crippen molar-refractivity contribution in [2.24, 2.45) is 0 Å². The zero-order valence-electron chi connectivity index (χ0n) is 11.4. The zero-order valence-corrected chi connectivity index (χ0v) is 14.5. The van der Waals surface area contributed by atoms with Crippen LogP contribution in [-0.4, -0.2) is 21.7 Å². The van der Waals surface area contributed by atoms with E-state index in [0.29, 0.717) is 15.7 Å². The Labute approximate surface area is 138 Å². The average Bonchev–Trinajstić information content (AvgIpc) is 2.49. The third-order valence-electron chi connectivity index (χ3n) is 2.98. The fraction of sp³-hybridized carbons (Fsp3) is 0.143. The minimum absolute atomic E-state index is 0.230. The maximum Gasteiger partial charge on any atom is 0.264 e. The van der Waals surface area contributed by atoms with Gasteiger partial charge in [0, 0.05) is 11.9 Å². The molecule has 0 fully saturated rings. The molecule has 0 aliphatic heterocycles. The summed E-state index contributed by atoms with van der Waals surface area (Å²) in [5.41, 5.74) is 0.457. The Bertz CT molecular complexity index is 746. The first kappa shape index (κ1) is 16.5. The van der Waals surface area contributed by atoms with Crippen LogP contribution < -0.4 is 4.31 Å². The summed E-state index contributed by atoms with van der Waals surface area (Å²) in [5.74, 6) is 0. The third-order valence-corrected chi connectivity index (χ3v) is 6.27. The van der Waals surface area contributed by atoms with E-state index >= 15 is 0 Å². The lowest BCUT2D eigenvalue weighted by atomic mass is 10.3. The Morgan fingerprint density at radius 3 is 2.14 bits per heavy atom. The number of nitrogens with zero attached hydrogens (tertiary/aromatic N) is 1. The van der Waals surface area contributed by atoms with Crippen LogP contribution in [0.4, 0.5) is 5.69 Å². The number of rotatable bonds is 4. The Balaban J connectivity index is 2.39. The molecule has 0 bridgehead atoms. The van der Waals surface area contributed by atoms with E-state index in [-0.39, 0.29) is 4.90 Å². The molecule has 2 aromatic carbocycles. The number of hydrogen-bond donors (Lipinski definition) is 0. The Morgan fingerprint density at radius 1 is 1.00 bits per heavy atom. The standard InChI is InChI=1S/C14H13Cl2NO2S2/c1-17(10-3-8-13(15)14(16)9-10)21(18,19)12-6-4-11(20-2)5-7-12/h3-9H,1-2H3. The Hall–Kier alpha value is -0.880. The first-order valence-corrected chi connectivity index (χ1v) is 9.36. The van der Waals surface area contributed by atoms with Crippen LogP contribution in [0.15, 0.2) is 52.3 Å². The van der Waals surface area contributed by atoms with Crippen LogP contribution >= 0.6 is 35.0 Å². The summed E-state index contributed by atoms with van der Waals surface area (Å²) in [6.45, 7) is 0. The van der Waals surface area contributed by atoms with Gasteiger partial charge in [0.2, 0.25) is 0 Å². The van der Waals surface area contributed by atoms with Gasteiger partial charge in [-0.15, -0.1) is 11.8 Å². The molecule has 0 radical (unpaired) electrons. The fourth-order valence-corrected chi connectivity index (χ4v) is 3.61. The van der Waals surface area contributed by atoms with Gasteiger partial charge in [-0.2, -0.15) is 0 Å². The van der Waals surface area contributed by atoms with E-state index in [1.165, 1.54) is 17.4 Å². The van der Waals surface area contributed by atoms with Crippen LogP contribution in [0.3, 0.4) is 0 Å². The highest BCUT2D eigenvalue weighted by Gasteiger charge is 2.21. The largest absolute Gasteiger partial charge is 0.269 e. The number of benzene rings is 2. The number of anilines is 1. The van der Waals surface area contributed by atoms with Gasteiger partial charge in [0.1, 0.15) is 0 Å². The maximum atomic E-state index is 12.6. The summed E-state index contributed by atoms with van der Waals surface area (Å²) in [5, 5.41) is 0.699. The second kappa shape index (κ2) is 6.48. The van der Waals surface area contributed by atoms with Gasteiger partial charge in [-0.3, -0.25) is 4.31 Å². The molecule has 0 spiro atoms. The van der Waals surface area contributed by atoms with Crippen LogP contribution in [-0.2, 0) is 10.0 Å². The monoisotopic (exact) mass is 361 g/mol. The smallest absolute Gasteiger partial charge is 0.264 e. The third kappa shape index (κ3) is 3.48. The molecule has 0 saturated carbocycles. The molecule has 0 amide bonds. The minimum atomic E-state index is -3.62. The number of halogens is 2. The second-order valence-corrected chi connectivity index (χ2v) is 7.91. The van der Waals surface area contributed by atoms with Crippen LogP contribution in [0.25, 0.3) is 0 Å². The predicted octanol–water partition coefficient (Wildman–Crippen LogP) is 4.54. The first-order valence-electron chi connectivity index (χ1n) is 5.94. The average molecular weight is 362 g/mol. The van der Waals surface area contributed by atoms with Crippen molar-refractivity contribution >= 4 is 50.7 Å². The van der Waals surface area contributed by atoms with Gasteiger partial charge in [-0.05, 0) is 48.7 Å². The van der Waals surface area contributed by atoms with E-state index in [1.54, 1.807) is 48.2 Å². The summed E-state index contributed by atoms with van der Waals surface area (Å²) in [6.07, 6.45) is 1.94. The molecule has 3 nitrogen and oxygen atoms in total. The second-order valence-electron chi connectivity index (χ2n) is 4.25. The predicted molar refractivity (Wildman–Crippen MR) is 90.3 cm³/mol. The number of sulfonamides is 1. The molecule has 7 heteroatoms. The van der Waals surface area contributed by atoms with Crippen molar-refractivity contribution in [3.63, 3.8) is 0 Å². The van der Waals surface area contributed by atoms with Crippen molar-refractivity contribution in [2.75, 3.05) is 17.6 Å². The van der Waals surface area contributed by atoms with Crippen molar-refractivity contribution in [3.05, 3.63) is 52.5 Å².